The molecule has 0 aliphatic rings. The number of carboxylic acids is 2. The summed E-state index contributed by atoms with van der Waals surface area (Å²) in [6, 6.07) is 0. The molecule has 0 saturated carbocycles. The minimum absolute atomic E-state index is 0. The predicted octanol–water partition coefficient (Wildman–Crippen LogP) is -4.58. The smallest absolute Gasteiger partial charge is 0.549 e. The fourth-order valence-electron chi connectivity index (χ4n) is 2.32. The average molecular weight is 332 g/mol. The van der Waals surface area contributed by atoms with Gasteiger partial charge in [-0.3, -0.25) is 0 Å². The first-order valence-corrected chi connectivity index (χ1v) is 7.44. The van der Waals surface area contributed by atoms with Crippen LogP contribution in [0.2, 0.25) is 0 Å². The second-order valence-corrected chi connectivity index (χ2v) is 5.28. The summed E-state index contributed by atoms with van der Waals surface area (Å²) in [5.41, 5.74) is -1.79. The first-order valence-electron chi connectivity index (χ1n) is 7.44. The Balaban J connectivity index is -0.00000162. The molecule has 0 heterocycles. The molecule has 0 aromatic carbocycles. The van der Waals surface area contributed by atoms with Gasteiger partial charge < -0.3 is 19.8 Å². The Morgan fingerprint density at radius 2 is 1.10 bits per heavy atom. The summed E-state index contributed by atoms with van der Waals surface area (Å²) in [7, 11) is 0. The second-order valence-electron chi connectivity index (χ2n) is 5.28. The number of unbranched alkanes of at least 4 members (excludes halogenated alkanes) is 6. The molecule has 0 radical (unpaired) electrons. The van der Waals surface area contributed by atoms with E-state index in [9.17, 15) is 19.8 Å². The number of hydrogen-bond donors (Lipinski definition) is 0. The van der Waals surface area contributed by atoms with Crippen LogP contribution in [0.1, 0.15) is 78.1 Å². The van der Waals surface area contributed by atoms with E-state index in [0.717, 1.165) is 38.5 Å². The van der Waals surface area contributed by atoms with E-state index in [1.807, 2.05) is 0 Å². The van der Waals surface area contributed by atoms with Gasteiger partial charge in [0.2, 0.25) is 0 Å². The van der Waals surface area contributed by atoms with Gasteiger partial charge in [0, 0.05) is 5.41 Å². The molecule has 0 aliphatic carbocycles. The Morgan fingerprint density at radius 3 is 1.33 bits per heavy atom. The summed E-state index contributed by atoms with van der Waals surface area (Å²) in [6.07, 6.45) is 7.21. The van der Waals surface area contributed by atoms with Gasteiger partial charge in [0.05, 0.1) is 11.9 Å². The van der Waals surface area contributed by atoms with E-state index in [4.69, 9.17) is 0 Å². The number of aliphatic carboxylic acids is 2. The molecule has 0 fully saturated rings. The van der Waals surface area contributed by atoms with Crippen molar-refractivity contribution in [3.8, 4) is 0 Å². The molecular formula is C15H26KNaO4. The van der Waals surface area contributed by atoms with E-state index >= 15 is 0 Å². The van der Waals surface area contributed by atoms with E-state index < -0.39 is 17.4 Å². The molecular weight excluding hydrogens is 306 g/mol. The van der Waals surface area contributed by atoms with Gasteiger partial charge in [-0.05, 0) is 12.8 Å². The zero-order chi connectivity index (χ0) is 14.7. The number of hydrogen-bond acceptors (Lipinski definition) is 4. The van der Waals surface area contributed by atoms with Gasteiger partial charge in [0.15, 0.2) is 0 Å². The molecule has 112 valence electrons. The van der Waals surface area contributed by atoms with Crippen LogP contribution in [0.3, 0.4) is 0 Å². The number of carbonyl (C=O) groups excluding carboxylic acids is 2. The molecule has 0 saturated heterocycles. The van der Waals surface area contributed by atoms with Gasteiger partial charge in [-0.15, -0.1) is 0 Å². The number of carbonyl (C=O) groups is 2. The van der Waals surface area contributed by atoms with E-state index in [-0.39, 0.29) is 93.8 Å². The standard InChI is InChI=1S/C15H28O4.K.Na/c1-3-5-7-9-11-15(13(16)17,14(18)19)12-10-8-6-4-2;;/h3-12H2,1-2H3,(H,16,17)(H,18,19);;/q;2*+1/p-2. The first kappa shape index (κ1) is 27.4. The van der Waals surface area contributed by atoms with Crippen molar-refractivity contribution in [2.45, 2.75) is 78.1 Å². The van der Waals surface area contributed by atoms with Gasteiger partial charge in [-0.25, -0.2) is 0 Å². The Morgan fingerprint density at radius 1 is 0.762 bits per heavy atom. The van der Waals surface area contributed by atoms with Crippen LogP contribution in [0.5, 0.6) is 0 Å². The van der Waals surface area contributed by atoms with Crippen molar-refractivity contribution in [2.24, 2.45) is 5.41 Å². The summed E-state index contributed by atoms with van der Waals surface area (Å²) in [5.74, 6) is -2.97. The zero-order valence-electron chi connectivity index (χ0n) is 14.2. The average Bonchev–Trinajstić information content (AvgIpc) is 2.36. The summed E-state index contributed by atoms with van der Waals surface area (Å²) in [5, 5.41) is 22.5. The monoisotopic (exact) mass is 332 g/mol. The topological polar surface area (TPSA) is 80.3 Å². The molecule has 0 spiro atoms. The predicted molar refractivity (Wildman–Crippen MR) is 70.0 cm³/mol. The van der Waals surface area contributed by atoms with Crippen LogP contribution in [-0.4, -0.2) is 11.9 Å². The molecule has 0 amide bonds. The van der Waals surface area contributed by atoms with Gasteiger partial charge in [-0.2, -0.15) is 0 Å². The van der Waals surface area contributed by atoms with Crippen molar-refractivity contribution in [1.82, 2.24) is 0 Å². The van der Waals surface area contributed by atoms with Crippen molar-refractivity contribution < 1.29 is 101 Å². The van der Waals surface area contributed by atoms with E-state index in [0.29, 0.717) is 12.8 Å². The molecule has 21 heavy (non-hydrogen) atoms. The van der Waals surface area contributed by atoms with Gasteiger partial charge in [0.1, 0.15) is 0 Å². The molecule has 6 heteroatoms. The molecule has 4 nitrogen and oxygen atoms in total. The SMILES string of the molecule is CCCCCCC(CCCCCC)(C(=O)[O-])C(=O)[O-].[K+].[Na+]. The van der Waals surface area contributed by atoms with Crippen molar-refractivity contribution >= 4 is 11.9 Å². The third-order valence-electron chi connectivity index (χ3n) is 3.70. The first-order chi connectivity index (χ1) is 9.01. The van der Waals surface area contributed by atoms with Crippen LogP contribution in [0.4, 0.5) is 0 Å². The summed E-state index contributed by atoms with van der Waals surface area (Å²) in [4.78, 5) is 22.5. The normalized spacial score (nSPS) is 10.4. The molecule has 0 atom stereocenters. The maximum Gasteiger partial charge on any atom is 1.00 e. The largest absolute Gasteiger partial charge is 1.00 e. The Kier molecular flexibility index (Phi) is 21.5. The van der Waals surface area contributed by atoms with Crippen molar-refractivity contribution in [1.29, 1.82) is 0 Å². The number of rotatable bonds is 12. The molecule has 0 unspecified atom stereocenters. The van der Waals surface area contributed by atoms with Crippen LogP contribution >= 0.6 is 0 Å². The third-order valence-corrected chi connectivity index (χ3v) is 3.70. The Labute approximate surface area is 193 Å². The van der Waals surface area contributed by atoms with Crippen molar-refractivity contribution in [3.63, 3.8) is 0 Å². The maximum absolute atomic E-state index is 11.3. The van der Waals surface area contributed by atoms with Crippen LogP contribution in [0, 0.1) is 5.41 Å². The molecule has 0 aromatic rings. The van der Waals surface area contributed by atoms with Crippen LogP contribution < -0.4 is 91.2 Å². The molecule has 0 N–H and O–H groups in total. The number of carboxylic acid groups (broad SMARTS) is 2. The van der Waals surface area contributed by atoms with Crippen LogP contribution in [0.15, 0.2) is 0 Å². The zero-order valence-corrected chi connectivity index (χ0v) is 19.3. The molecule has 0 aliphatic heterocycles. The summed E-state index contributed by atoms with van der Waals surface area (Å²) >= 11 is 0. The van der Waals surface area contributed by atoms with Crippen molar-refractivity contribution in [3.05, 3.63) is 0 Å². The molecule has 0 rings (SSSR count). The van der Waals surface area contributed by atoms with E-state index in [1.165, 1.54) is 0 Å². The van der Waals surface area contributed by atoms with E-state index in [2.05, 4.69) is 13.8 Å². The summed E-state index contributed by atoms with van der Waals surface area (Å²) < 4.78 is 0. The minimum atomic E-state index is -1.79. The summed E-state index contributed by atoms with van der Waals surface area (Å²) in [6.45, 7) is 4.10. The maximum atomic E-state index is 11.3. The van der Waals surface area contributed by atoms with Gasteiger partial charge in [-0.1, -0.05) is 65.2 Å². The fraction of sp³-hybridized carbons (Fsp3) is 0.867. The molecule has 0 bridgehead atoms. The van der Waals surface area contributed by atoms with E-state index in [1.54, 1.807) is 0 Å². The van der Waals surface area contributed by atoms with Crippen LogP contribution in [-0.2, 0) is 9.59 Å². The second kappa shape index (κ2) is 16.4. The Bertz CT molecular complexity index is 257. The molecule has 0 aromatic heterocycles. The fourth-order valence-corrected chi connectivity index (χ4v) is 2.32. The third kappa shape index (κ3) is 10.9. The van der Waals surface area contributed by atoms with Gasteiger partial charge in [0.25, 0.3) is 0 Å². The van der Waals surface area contributed by atoms with Crippen molar-refractivity contribution in [2.75, 3.05) is 0 Å². The minimum Gasteiger partial charge on any atom is -0.549 e. The van der Waals surface area contributed by atoms with Crippen LogP contribution in [0.25, 0.3) is 0 Å². The van der Waals surface area contributed by atoms with Gasteiger partial charge >= 0.3 is 80.9 Å². The Hall–Kier alpha value is 1.58. The quantitative estimate of drug-likeness (QED) is 0.205.